The third-order valence-electron chi connectivity index (χ3n) is 3.46. The van der Waals surface area contributed by atoms with Crippen molar-refractivity contribution < 1.29 is 0 Å². The molecule has 0 atom stereocenters. The van der Waals surface area contributed by atoms with Crippen molar-refractivity contribution in [2.45, 2.75) is 25.8 Å². The fourth-order valence-electron chi connectivity index (χ4n) is 2.51. The third-order valence-corrected chi connectivity index (χ3v) is 3.46. The molecule has 0 fully saturated rings. The van der Waals surface area contributed by atoms with Gasteiger partial charge in [-0.15, -0.1) is 0 Å². The topological polar surface area (TPSA) is 38.9 Å². The molecule has 2 N–H and O–H groups in total. The molecule has 0 spiro atoms. The van der Waals surface area contributed by atoms with Crippen molar-refractivity contribution in [3.63, 3.8) is 0 Å². The molecule has 1 aromatic carbocycles. The number of benzene rings is 1. The second-order valence-corrected chi connectivity index (χ2v) is 4.62. The fraction of sp³-hybridized carbons (Fsp3) is 0.267. The SMILES string of the molecule is NCc1cncc(-c2ccc3c(c2)CCC3)c1. The summed E-state index contributed by atoms with van der Waals surface area (Å²) in [7, 11) is 0. The summed E-state index contributed by atoms with van der Waals surface area (Å²) in [4.78, 5) is 4.25. The number of pyridine rings is 1. The molecule has 0 saturated heterocycles. The van der Waals surface area contributed by atoms with E-state index in [1.165, 1.54) is 41.5 Å². The van der Waals surface area contributed by atoms with Crippen molar-refractivity contribution in [1.29, 1.82) is 0 Å². The minimum atomic E-state index is 0.547. The van der Waals surface area contributed by atoms with Crippen LogP contribution in [0, 0.1) is 0 Å². The largest absolute Gasteiger partial charge is 0.326 e. The Morgan fingerprint density at radius 2 is 1.88 bits per heavy atom. The van der Waals surface area contributed by atoms with E-state index in [1.54, 1.807) is 0 Å². The van der Waals surface area contributed by atoms with Gasteiger partial charge in [-0.25, -0.2) is 0 Å². The van der Waals surface area contributed by atoms with Crippen LogP contribution in [-0.2, 0) is 19.4 Å². The van der Waals surface area contributed by atoms with Crippen LogP contribution in [0.15, 0.2) is 36.7 Å². The first-order chi connectivity index (χ1) is 8.36. The Bertz CT molecular complexity index is 546. The summed E-state index contributed by atoms with van der Waals surface area (Å²) in [5.41, 5.74) is 12.2. The zero-order valence-electron chi connectivity index (χ0n) is 9.82. The summed E-state index contributed by atoms with van der Waals surface area (Å²) < 4.78 is 0. The monoisotopic (exact) mass is 224 g/mol. The molecule has 1 aromatic heterocycles. The van der Waals surface area contributed by atoms with Crippen molar-refractivity contribution >= 4 is 0 Å². The summed E-state index contributed by atoms with van der Waals surface area (Å²) >= 11 is 0. The number of hydrogen-bond acceptors (Lipinski definition) is 2. The lowest BCUT2D eigenvalue weighted by atomic mass is 10.0. The number of hydrogen-bond donors (Lipinski definition) is 1. The number of fused-ring (bicyclic) bond motifs is 1. The van der Waals surface area contributed by atoms with Gasteiger partial charge in [0.1, 0.15) is 0 Å². The standard InChI is InChI=1S/C15H16N2/c16-8-11-6-15(10-17-9-11)14-5-4-12-2-1-3-13(12)7-14/h4-7,9-10H,1-3,8,16H2. The first-order valence-corrected chi connectivity index (χ1v) is 6.13. The van der Waals surface area contributed by atoms with Crippen molar-refractivity contribution in [2.24, 2.45) is 5.73 Å². The maximum atomic E-state index is 5.65. The minimum Gasteiger partial charge on any atom is -0.326 e. The lowest BCUT2D eigenvalue weighted by molar-refractivity contribution is 0.912. The predicted molar refractivity (Wildman–Crippen MR) is 69.6 cm³/mol. The van der Waals surface area contributed by atoms with E-state index in [-0.39, 0.29) is 0 Å². The molecular weight excluding hydrogens is 208 g/mol. The van der Waals surface area contributed by atoms with Gasteiger partial charge in [0.25, 0.3) is 0 Å². The Hall–Kier alpha value is -1.67. The maximum absolute atomic E-state index is 5.65. The molecule has 3 rings (SSSR count). The van der Waals surface area contributed by atoms with Gasteiger partial charge in [-0.3, -0.25) is 4.98 Å². The van der Waals surface area contributed by atoms with E-state index in [0.29, 0.717) is 6.54 Å². The molecule has 0 amide bonds. The Labute approximate surface area is 102 Å². The summed E-state index contributed by atoms with van der Waals surface area (Å²) in [5, 5.41) is 0. The van der Waals surface area contributed by atoms with Crippen LogP contribution in [0.4, 0.5) is 0 Å². The van der Waals surface area contributed by atoms with E-state index in [0.717, 1.165) is 5.56 Å². The van der Waals surface area contributed by atoms with E-state index in [9.17, 15) is 0 Å². The highest BCUT2D eigenvalue weighted by atomic mass is 14.6. The second-order valence-electron chi connectivity index (χ2n) is 4.62. The Morgan fingerprint density at radius 1 is 1.00 bits per heavy atom. The minimum absolute atomic E-state index is 0.547. The summed E-state index contributed by atoms with van der Waals surface area (Å²) in [6.07, 6.45) is 7.48. The highest BCUT2D eigenvalue weighted by molar-refractivity contribution is 5.65. The molecule has 0 radical (unpaired) electrons. The molecule has 2 heteroatoms. The van der Waals surface area contributed by atoms with Crippen LogP contribution < -0.4 is 5.73 Å². The Morgan fingerprint density at radius 3 is 2.76 bits per heavy atom. The van der Waals surface area contributed by atoms with Crippen molar-refractivity contribution in [3.05, 3.63) is 53.3 Å². The smallest absolute Gasteiger partial charge is 0.0346 e. The molecule has 0 bridgehead atoms. The van der Waals surface area contributed by atoms with Gasteiger partial charge in [0.15, 0.2) is 0 Å². The maximum Gasteiger partial charge on any atom is 0.0346 e. The van der Waals surface area contributed by atoms with Crippen LogP contribution in [0.25, 0.3) is 11.1 Å². The van der Waals surface area contributed by atoms with Gasteiger partial charge in [0, 0.05) is 24.5 Å². The average Bonchev–Trinajstić information content (AvgIpc) is 2.86. The van der Waals surface area contributed by atoms with Crippen molar-refractivity contribution in [2.75, 3.05) is 0 Å². The van der Waals surface area contributed by atoms with Gasteiger partial charge in [-0.2, -0.15) is 0 Å². The lowest BCUT2D eigenvalue weighted by Crippen LogP contribution is -1.97. The second kappa shape index (κ2) is 4.30. The van der Waals surface area contributed by atoms with E-state index in [4.69, 9.17) is 5.73 Å². The molecule has 1 aliphatic carbocycles. The molecule has 2 nitrogen and oxygen atoms in total. The lowest BCUT2D eigenvalue weighted by Gasteiger charge is -2.06. The van der Waals surface area contributed by atoms with Gasteiger partial charge >= 0.3 is 0 Å². The number of nitrogens with zero attached hydrogens (tertiary/aromatic N) is 1. The van der Waals surface area contributed by atoms with Crippen LogP contribution in [0.1, 0.15) is 23.1 Å². The highest BCUT2D eigenvalue weighted by Crippen LogP contribution is 2.27. The number of nitrogens with two attached hydrogens (primary N) is 1. The molecule has 86 valence electrons. The fourth-order valence-corrected chi connectivity index (χ4v) is 2.51. The number of aryl methyl sites for hydroxylation is 2. The van der Waals surface area contributed by atoms with E-state index in [2.05, 4.69) is 29.2 Å². The van der Waals surface area contributed by atoms with Crippen LogP contribution >= 0.6 is 0 Å². The van der Waals surface area contributed by atoms with Crippen LogP contribution in [0.3, 0.4) is 0 Å². The van der Waals surface area contributed by atoms with Gasteiger partial charge < -0.3 is 5.73 Å². The van der Waals surface area contributed by atoms with Crippen LogP contribution in [0.2, 0.25) is 0 Å². The molecule has 1 heterocycles. The Kier molecular flexibility index (Phi) is 2.65. The molecular formula is C15H16N2. The number of aromatic nitrogens is 1. The van der Waals surface area contributed by atoms with E-state index in [1.807, 2.05) is 12.4 Å². The predicted octanol–water partition coefficient (Wildman–Crippen LogP) is 2.70. The number of rotatable bonds is 2. The zero-order valence-corrected chi connectivity index (χ0v) is 9.82. The molecule has 1 aliphatic rings. The molecule has 0 aliphatic heterocycles. The Balaban J connectivity index is 2.03. The van der Waals surface area contributed by atoms with E-state index < -0.39 is 0 Å². The first kappa shape index (κ1) is 10.5. The van der Waals surface area contributed by atoms with Gasteiger partial charge in [0.2, 0.25) is 0 Å². The van der Waals surface area contributed by atoms with Crippen LogP contribution in [0.5, 0.6) is 0 Å². The normalized spacial score (nSPS) is 13.7. The zero-order chi connectivity index (χ0) is 11.7. The summed E-state index contributed by atoms with van der Waals surface area (Å²) in [5.74, 6) is 0. The van der Waals surface area contributed by atoms with Crippen molar-refractivity contribution in [3.8, 4) is 11.1 Å². The van der Waals surface area contributed by atoms with Gasteiger partial charge in [-0.1, -0.05) is 18.2 Å². The quantitative estimate of drug-likeness (QED) is 0.851. The van der Waals surface area contributed by atoms with Crippen LogP contribution in [-0.4, -0.2) is 4.98 Å². The first-order valence-electron chi connectivity index (χ1n) is 6.13. The highest BCUT2D eigenvalue weighted by Gasteiger charge is 2.11. The molecule has 17 heavy (non-hydrogen) atoms. The van der Waals surface area contributed by atoms with Crippen molar-refractivity contribution in [1.82, 2.24) is 4.98 Å². The molecule has 2 aromatic rings. The van der Waals surface area contributed by atoms with Gasteiger partial charge in [-0.05, 0) is 47.6 Å². The van der Waals surface area contributed by atoms with E-state index >= 15 is 0 Å². The average molecular weight is 224 g/mol. The molecule has 0 saturated carbocycles. The summed E-state index contributed by atoms with van der Waals surface area (Å²) in [6, 6.07) is 8.89. The summed E-state index contributed by atoms with van der Waals surface area (Å²) in [6.45, 7) is 0.547. The van der Waals surface area contributed by atoms with Gasteiger partial charge in [0.05, 0.1) is 0 Å². The molecule has 0 unspecified atom stereocenters. The third kappa shape index (κ3) is 1.96.